The molecule has 2 aromatic rings. The van der Waals surface area contributed by atoms with Crippen molar-refractivity contribution in [3.05, 3.63) is 62.8 Å². The molecule has 2 bridgehead atoms. The number of rotatable bonds is 3. The van der Waals surface area contributed by atoms with E-state index in [0.29, 0.717) is 6.42 Å². The number of carbonyl (C=O) groups excluding carboxylic acids is 2. The van der Waals surface area contributed by atoms with Gasteiger partial charge in [-0.25, -0.2) is 8.78 Å². The lowest BCUT2D eigenvalue weighted by Crippen LogP contribution is -2.45. The molecule has 9 heteroatoms. The number of amides is 2. The maximum atomic E-state index is 14.0. The maximum absolute atomic E-state index is 14.0. The molecule has 1 saturated heterocycles. The highest BCUT2D eigenvalue weighted by molar-refractivity contribution is 5.99. The summed E-state index contributed by atoms with van der Waals surface area (Å²) in [5, 5.41) is 12.9. The number of fused-ring (bicyclic) bond motifs is 4. The summed E-state index contributed by atoms with van der Waals surface area (Å²) in [6, 6.07) is 4.22. The fourth-order valence-electron chi connectivity index (χ4n) is 4.01. The minimum Gasteiger partial charge on any atom is -0.503 e. The highest BCUT2D eigenvalue weighted by atomic mass is 19.1. The second-order valence-electron chi connectivity index (χ2n) is 7.79. The fourth-order valence-corrected chi connectivity index (χ4v) is 4.01. The number of carbonyl (C=O) groups is 2. The lowest BCUT2D eigenvalue weighted by atomic mass is 10.1. The van der Waals surface area contributed by atoms with Gasteiger partial charge in [-0.15, -0.1) is 0 Å². The third kappa shape index (κ3) is 3.44. The van der Waals surface area contributed by atoms with Crippen LogP contribution in [0.4, 0.5) is 8.78 Å². The number of hydrogen-bond donors (Lipinski definition) is 2. The number of aryl methyl sites for hydroxylation is 1. The second-order valence-corrected chi connectivity index (χ2v) is 7.79. The molecule has 0 unspecified atom stereocenters. The molecule has 0 aliphatic carbocycles. The molecular weight excluding hydrogens is 396 g/mol. The van der Waals surface area contributed by atoms with Crippen LogP contribution in [0.3, 0.4) is 0 Å². The quantitative estimate of drug-likeness (QED) is 0.800. The van der Waals surface area contributed by atoms with E-state index in [0.717, 1.165) is 5.56 Å². The van der Waals surface area contributed by atoms with E-state index >= 15 is 0 Å². The number of halogens is 2. The fraction of sp³-hybridized carbons (Fsp3) is 0.381. The van der Waals surface area contributed by atoms with Crippen molar-refractivity contribution in [1.82, 2.24) is 14.8 Å². The molecule has 0 saturated carbocycles. The Kier molecular flexibility index (Phi) is 5.05. The number of aromatic hydroxyl groups is 1. The topological polar surface area (TPSA) is 91.6 Å². The first kappa shape index (κ1) is 20.1. The molecule has 2 N–H and O–H groups in total. The highest BCUT2D eigenvalue weighted by Crippen LogP contribution is 2.32. The third-order valence-electron chi connectivity index (χ3n) is 5.65. The summed E-state index contributed by atoms with van der Waals surface area (Å²) >= 11 is 0. The van der Waals surface area contributed by atoms with Crippen molar-refractivity contribution in [1.29, 1.82) is 0 Å². The molecule has 2 aliphatic rings. The van der Waals surface area contributed by atoms with Crippen molar-refractivity contribution in [3.63, 3.8) is 0 Å². The Bertz CT molecular complexity index is 1100. The molecule has 1 fully saturated rings. The van der Waals surface area contributed by atoms with Gasteiger partial charge in [-0.1, -0.05) is 12.1 Å². The Hall–Kier alpha value is -3.23. The van der Waals surface area contributed by atoms with E-state index in [9.17, 15) is 28.3 Å². The summed E-state index contributed by atoms with van der Waals surface area (Å²) in [7, 11) is 0. The summed E-state index contributed by atoms with van der Waals surface area (Å²) in [5.74, 6) is -2.75. The van der Waals surface area contributed by atoms with Crippen molar-refractivity contribution in [3.8, 4) is 5.75 Å². The van der Waals surface area contributed by atoms with Crippen molar-refractivity contribution < 1.29 is 23.5 Å². The number of aromatic nitrogens is 1. The van der Waals surface area contributed by atoms with E-state index in [-0.39, 0.29) is 48.9 Å². The molecule has 1 aromatic heterocycles. The molecular formula is C21H21F2N3O4. The van der Waals surface area contributed by atoms with Crippen LogP contribution < -0.4 is 10.7 Å². The first-order chi connectivity index (χ1) is 14.3. The van der Waals surface area contributed by atoms with Gasteiger partial charge in [-0.05, 0) is 31.4 Å². The summed E-state index contributed by atoms with van der Waals surface area (Å²) < 4.78 is 29.4. The SMILES string of the molecule is Cc1ccc(CNC(=O)c2cn3c(c(O)c2=O)C(=O)N2C[C@@H](F)CC[C@@H]3C2)c(F)c1. The van der Waals surface area contributed by atoms with Crippen molar-refractivity contribution >= 4 is 11.8 Å². The molecule has 158 valence electrons. The molecule has 0 radical (unpaired) electrons. The summed E-state index contributed by atoms with van der Waals surface area (Å²) in [4.78, 5) is 39.1. The van der Waals surface area contributed by atoms with E-state index in [4.69, 9.17) is 0 Å². The standard InChI is InChI=1S/C21H21F2N3O4/c1-11-2-3-12(16(23)6-11)7-24-20(29)15-10-26-14-5-4-13(22)8-25(9-14)21(30)17(26)19(28)18(15)27/h2-3,6,10,13-14,28H,4-5,7-9H2,1H3,(H,24,29)/t13-,14+/m0/s1. The van der Waals surface area contributed by atoms with E-state index in [1.165, 1.54) is 27.8 Å². The molecule has 30 heavy (non-hydrogen) atoms. The summed E-state index contributed by atoms with van der Waals surface area (Å²) in [6.45, 7) is 1.74. The van der Waals surface area contributed by atoms with E-state index < -0.39 is 35.0 Å². The first-order valence-corrected chi connectivity index (χ1v) is 9.71. The van der Waals surface area contributed by atoms with Gasteiger partial charge in [0.1, 0.15) is 17.6 Å². The van der Waals surface area contributed by atoms with Gasteiger partial charge in [0.15, 0.2) is 11.4 Å². The number of nitrogens with one attached hydrogen (secondary N) is 1. The lowest BCUT2D eigenvalue weighted by Gasteiger charge is -2.34. The molecule has 2 amide bonds. The Morgan fingerprint density at radius 1 is 1.27 bits per heavy atom. The average Bonchev–Trinajstić information content (AvgIpc) is 2.87. The van der Waals surface area contributed by atoms with Crippen LogP contribution in [0.1, 0.15) is 50.9 Å². The smallest absolute Gasteiger partial charge is 0.274 e. The number of hydrogen-bond acceptors (Lipinski definition) is 4. The van der Waals surface area contributed by atoms with Crippen LogP contribution in [0.15, 0.2) is 29.2 Å². The van der Waals surface area contributed by atoms with Crippen molar-refractivity contribution in [2.24, 2.45) is 0 Å². The van der Waals surface area contributed by atoms with Gasteiger partial charge >= 0.3 is 0 Å². The lowest BCUT2D eigenvalue weighted by molar-refractivity contribution is 0.0646. The Labute approximate surface area is 170 Å². The Morgan fingerprint density at radius 3 is 2.77 bits per heavy atom. The van der Waals surface area contributed by atoms with Gasteiger partial charge in [0.05, 0.1) is 12.6 Å². The molecule has 2 atom stereocenters. The summed E-state index contributed by atoms with van der Waals surface area (Å²) in [6.07, 6.45) is 0.677. The largest absolute Gasteiger partial charge is 0.503 e. The van der Waals surface area contributed by atoms with Crippen molar-refractivity contribution in [2.75, 3.05) is 13.1 Å². The molecule has 4 rings (SSSR count). The predicted molar refractivity (Wildman–Crippen MR) is 104 cm³/mol. The zero-order valence-corrected chi connectivity index (χ0v) is 16.3. The molecule has 1 aromatic carbocycles. The number of alkyl halides is 1. The van der Waals surface area contributed by atoms with Crippen LogP contribution in [0.25, 0.3) is 0 Å². The molecule has 2 aliphatic heterocycles. The maximum Gasteiger partial charge on any atom is 0.274 e. The zero-order valence-electron chi connectivity index (χ0n) is 16.3. The van der Waals surface area contributed by atoms with Crippen molar-refractivity contribution in [2.45, 2.75) is 38.5 Å². The van der Waals surface area contributed by atoms with Gasteiger partial charge in [0.25, 0.3) is 11.8 Å². The number of benzene rings is 1. The van der Waals surface area contributed by atoms with E-state index in [2.05, 4.69) is 5.32 Å². The highest BCUT2D eigenvalue weighted by Gasteiger charge is 2.38. The van der Waals surface area contributed by atoms with Gasteiger partial charge in [0, 0.05) is 24.8 Å². The predicted octanol–water partition coefficient (Wildman–Crippen LogP) is 2.06. The van der Waals surface area contributed by atoms with Gasteiger partial charge < -0.3 is 19.9 Å². The van der Waals surface area contributed by atoms with E-state index in [1.807, 2.05) is 0 Å². The molecule has 3 heterocycles. The minimum absolute atomic E-state index is 0.0900. The third-order valence-corrected chi connectivity index (χ3v) is 5.65. The van der Waals surface area contributed by atoms with E-state index in [1.54, 1.807) is 13.0 Å². The van der Waals surface area contributed by atoms with Crippen LogP contribution in [0.5, 0.6) is 5.75 Å². The monoisotopic (exact) mass is 417 g/mol. The van der Waals surface area contributed by atoms with Gasteiger partial charge in [0.2, 0.25) is 5.43 Å². The van der Waals surface area contributed by atoms with Gasteiger partial charge in [-0.3, -0.25) is 14.4 Å². The zero-order chi connectivity index (χ0) is 21.6. The first-order valence-electron chi connectivity index (χ1n) is 9.71. The van der Waals surface area contributed by atoms with Crippen LogP contribution in [0.2, 0.25) is 0 Å². The Balaban J connectivity index is 1.66. The number of pyridine rings is 1. The molecule has 7 nitrogen and oxygen atoms in total. The summed E-state index contributed by atoms with van der Waals surface area (Å²) in [5.41, 5.74) is -0.594. The van der Waals surface area contributed by atoms with Crippen LogP contribution in [0, 0.1) is 12.7 Å². The number of nitrogens with zero attached hydrogens (tertiary/aromatic N) is 2. The van der Waals surface area contributed by atoms with Crippen LogP contribution in [-0.2, 0) is 6.54 Å². The molecule has 0 spiro atoms. The van der Waals surface area contributed by atoms with Crippen LogP contribution in [-0.4, -0.2) is 45.6 Å². The normalized spacial score (nSPS) is 20.5. The minimum atomic E-state index is -1.19. The second kappa shape index (κ2) is 7.55. The average molecular weight is 417 g/mol. The van der Waals surface area contributed by atoms with Gasteiger partial charge in [-0.2, -0.15) is 0 Å². The Morgan fingerprint density at radius 2 is 2.03 bits per heavy atom. The van der Waals surface area contributed by atoms with Crippen LogP contribution >= 0.6 is 0 Å².